The van der Waals surface area contributed by atoms with Crippen molar-refractivity contribution >= 4 is 11.6 Å². The van der Waals surface area contributed by atoms with E-state index in [0.29, 0.717) is 23.8 Å². The highest BCUT2D eigenvalue weighted by molar-refractivity contribution is 6.05. The van der Waals surface area contributed by atoms with Crippen molar-refractivity contribution in [2.75, 3.05) is 11.9 Å². The lowest BCUT2D eigenvalue weighted by molar-refractivity contribution is 0.102. The highest BCUT2D eigenvalue weighted by atomic mass is 19.1. The molecule has 0 heterocycles. The Hall–Kier alpha value is -3.34. The molecule has 26 heavy (non-hydrogen) atoms. The molecule has 3 rings (SSSR count). The smallest absolute Gasteiger partial charge is 0.258 e. The fraction of sp³-hybridized carbons (Fsp3) is 0.0952. The third-order valence-electron chi connectivity index (χ3n) is 3.62. The van der Waals surface area contributed by atoms with E-state index in [4.69, 9.17) is 9.47 Å². The van der Waals surface area contributed by atoms with Crippen molar-refractivity contribution in [3.63, 3.8) is 0 Å². The van der Waals surface area contributed by atoms with Gasteiger partial charge in [-0.1, -0.05) is 24.3 Å². The van der Waals surface area contributed by atoms with E-state index in [9.17, 15) is 9.18 Å². The number of carbonyl (C=O) groups excluding carboxylic acids is 1. The van der Waals surface area contributed by atoms with Gasteiger partial charge in [-0.2, -0.15) is 0 Å². The van der Waals surface area contributed by atoms with E-state index < -0.39 is 11.7 Å². The van der Waals surface area contributed by atoms with Gasteiger partial charge in [-0.15, -0.1) is 0 Å². The number of amides is 1. The van der Waals surface area contributed by atoms with Crippen molar-refractivity contribution in [1.82, 2.24) is 0 Å². The highest BCUT2D eigenvalue weighted by Gasteiger charge is 2.13. The zero-order chi connectivity index (χ0) is 18.4. The normalized spacial score (nSPS) is 10.2. The number of halogens is 1. The molecule has 0 saturated carbocycles. The fourth-order valence-electron chi connectivity index (χ4n) is 2.39. The van der Waals surface area contributed by atoms with Crippen LogP contribution in [0.2, 0.25) is 0 Å². The van der Waals surface area contributed by atoms with Crippen LogP contribution in [0, 0.1) is 5.82 Å². The lowest BCUT2D eigenvalue weighted by Gasteiger charge is -2.13. The molecule has 0 spiro atoms. The molecule has 0 aromatic heterocycles. The van der Waals surface area contributed by atoms with Crippen LogP contribution in [-0.4, -0.2) is 12.5 Å². The number of hydrogen-bond donors (Lipinski definition) is 1. The molecule has 0 unspecified atom stereocenters. The molecular weight excluding hydrogens is 333 g/mol. The second-order valence-electron chi connectivity index (χ2n) is 5.44. The standard InChI is InChI=1S/C21H18FNO3/c1-2-25-15-11-13-16(14-12-15)26-20-10-6-5-9-19(20)23-21(24)17-7-3-4-8-18(17)22/h3-14H,2H2,1H3,(H,23,24). The van der Waals surface area contributed by atoms with Crippen molar-refractivity contribution < 1.29 is 18.7 Å². The molecule has 3 aromatic rings. The minimum atomic E-state index is -0.574. The van der Waals surface area contributed by atoms with Crippen LogP contribution in [0.5, 0.6) is 17.2 Å². The molecule has 132 valence electrons. The molecule has 0 fully saturated rings. The molecule has 4 nitrogen and oxygen atoms in total. The number of benzene rings is 3. The van der Waals surface area contributed by atoms with Crippen LogP contribution in [0.25, 0.3) is 0 Å². The van der Waals surface area contributed by atoms with Crippen molar-refractivity contribution in [2.24, 2.45) is 0 Å². The second-order valence-corrected chi connectivity index (χ2v) is 5.44. The van der Waals surface area contributed by atoms with Gasteiger partial charge in [0, 0.05) is 0 Å². The summed E-state index contributed by atoms with van der Waals surface area (Å²) in [5, 5.41) is 2.69. The number of hydrogen-bond acceptors (Lipinski definition) is 3. The molecule has 5 heteroatoms. The first kappa shape index (κ1) is 17.5. The van der Waals surface area contributed by atoms with Crippen LogP contribution in [0.3, 0.4) is 0 Å². The second kappa shape index (κ2) is 8.16. The minimum Gasteiger partial charge on any atom is -0.494 e. The molecule has 1 N–H and O–H groups in total. The van der Waals surface area contributed by atoms with Gasteiger partial charge in [0.05, 0.1) is 17.9 Å². The Balaban J connectivity index is 1.78. The van der Waals surface area contributed by atoms with Crippen LogP contribution >= 0.6 is 0 Å². The summed E-state index contributed by atoms with van der Waals surface area (Å²) in [7, 11) is 0. The SMILES string of the molecule is CCOc1ccc(Oc2ccccc2NC(=O)c2ccccc2F)cc1. The van der Waals surface area contributed by atoms with Crippen molar-refractivity contribution in [3.8, 4) is 17.2 Å². The Kier molecular flexibility index (Phi) is 5.49. The first-order chi connectivity index (χ1) is 12.7. The predicted molar refractivity (Wildman–Crippen MR) is 98.5 cm³/mol. The summed E-state index contributed by atoms with van der Waals surface area (Å²) in [5.74, 6) is 0.698. The van der Waals surface area contributed by atoms with Gasteiger partial charge in [-0.05, 0) is 55.5 Å². The summed E-state index contributed by atoms with van der Waals surface area (Å²) >= 11 is 0. The molecule has 3 aromatic carbocycles. The number of nitrogens with one attached hydrogen (secondary N) is 1. The average molecular weight is 351 g/mol. The molecule has 0 atom stereocenters. The quantitative estimate of drug-likeness (QED) is 0.658. The van der Waals surface area contributed by atoms with Gasteiger partial charge in [0.1, 0.15) is 17.3 Å². The first-order valence-electron chi connectivity index (χ1n) is 8.23. The number of para-hydroxylation sites is 2. The van der Waals surface area contributed by atoms with Crippen molar-refractivity contribution in [2.45, 2.75) is 6.92 Å². The van der Waals surface area contributed by atoms with E-state index in [2.05, 4.69) is 5.32 Å². The third-order valence-corrected chi connectivity index (χ3v) is 3.62. The molecule has 0 aliphatic heterocycles. The van der Waals surface area contributed by atoms with Crippen molar-refractivity contribution in [3.05, 3.63) is 84.2 Å². The number of anilines is 1. The van der Waals surface area contributed by atoms with Crippen LogP contribution in [0.15, 0.2) is 72.8 Å². The highest BCUT2D eigenvalue weighted by Crippen LogP contribution is 2.30. The van der Waals surface area contributed by atoms with E-state index in [0.717, 1.165) is 5.75 Å². The van der Waals surface area contributed by atoms with Crippen LogP contribution in [0.4, 0.5) is 10.1 Å². The monoisotopic (exact) mass is 351 g/mol. The van der Waals surface area contributed by atoms with Crippen LogP contribution in [0.1, 0.15) is 17.3 Å². The van der Waals surface area contributed by atoms with Gasteiger partial charge in [0.25, 0.3) is 5.91 Å². The molecule has 0 bridgehead atoms. The van der Waals surface area contributed by atoms with Gasteiger partial charge in [-0.25, -0.2) is 4.39 Å². The maximum atomic E-state index is 13.8. The van der Waals surface area contributed by atoms with Gasteiger partial charge >= 0.3 is 0 Å². The molecular formula is C21H18FNO3. The summed E-state index contributed by atoms with van der Waals surface area (Å²) in [6.45, 7) is 2.50. The van der Waals surface area contributed by atoms with E-state index in [1.807, 2.05) is 6.92 Å². The molecule has 0 aliphatic carbocycles. The number of rotatable bonds is 6. The predicted octanol–water partition coefficient (Wildman–Crippen LogP) is 5.27. The maximum Gasteiger partial charge on any atom is 0.258 e. The van der Waals surface area contributed by atoms with E-state index >= 15 is 0 Å². The zero-order valence-corrected chi connectivity index (χ0v) is 14.2. The van der Waals surface area contributed by atoms with Gasteiger partial charge in [0.15, 0.2) is 5.75 Å². The summed E-state index contributed by atoms with van der Waals surface area (Å²) in [5.41, 5.74) is 0.429. The van der Waals surface area contributed by atoms with Gasteiger partial charge in [-0.3, -0.25) is 4.79 Å². The Morgan fingerprint density at radius 3 is 2.31 bits per heavy atom. The average Bonchev–Trinajstić information content (AvgIpc) is 2.65. The van der Waals surface area contributed by atoms with Crippen LogP contribution in [-0.2, 0) is 0 Å². The summed E-state index contributed by atoms with van der Waals surface area (Å²) in [6.07, 6.45) is 0. The van der Waals surface area contributed by atoms with E-state index in [1.54, 1.807) is 54.6 Å². The summed E-state index contributed by atoms with van der Waals surface area (Å²) in [4.78, 5) is 12.3. The lowest BCUT2D eigenvalue weighted by Crippen LogP contribution is -2.14. The van der Waals surface area contributed by atoms with E-state index in [-0.39, 0.29) is 5.56 Å². The van der Waals surface area contributed by atoms with E-state index in [1.165, 1.54) is 18.2 Å². The Bertz CT molecular complexity index is 894. The molecule has 0 aliphatic rings. The molecule has 1 amide bonds. The topological polar surface area (TPSA) is 47.6 Å². The fourth-order valence-corrected chi connectivity index (χ4v) is 2.39. The minimum absolute atomic E-state index is 0.0247. The van der Waals surface area contributed by atoms with Gasteiger partial charge in [0.2, 0.25) is 0 Å². The zero-order valence-electron chi connectivity index (χ0n) is 14.2. The Morgan fingerprint density at radius 1 is 0.923 bits per heavy atom. The number of ether oxygens (including phenoxy) is 2. The van der Waals surface area contributed by atoms with Gasteiger partial charge < -0.3 is 14.8 Å². The third kappa shape index (κ3) is 4.19. The largest absolute Gasteiger partial charge is 0.494 e. The van der Waals surface area contributed by atoms with Crippen molar-refractivity contribution in [1.29, 1.82) is 0 Å². The molecule has 0 saturated heterocycles. The summed E-state index contributed by atoms with van der Waals surface area (Å²) < 4.78 is 25.0. The first-order valence-corrected chi connectivity index (χ1v) is 8.23. The number of carbonyl (C=O) groups is 1. The Morgan fingerprint density at radius 2 is 1.58 bits per heavy atom. The van der Waals surface area contributed by atoms with Crippen LogP contribution < -0.4 is 14.8 Å². The maximum absolute atomic E-state index is 13.8. The Labute approximate surface area is 151 Å². The molecule has 0 radical (unpaired) electrons. The lowest BCUT2D eigenvalue weighted by atomic mass is 10.2. The summed E-state index contributed by atoms with van der Waals surface area (Å²) in [6, 6.07) is 20.0.